The van der Waals surface area contributed by atoms with Gasteiger partial charge >= 0.3 is 0 Å². The van der Waals surface area contributed by atoms with Gasteiger partial charge in [0.25, 0.3) is 0 Å². The largest absolute Gasteiger partial charge is 0.328 e. The standard InChI is InChI=1S/C25H18N4O/c1-28-19-13-7-5-11-17(19)23(30)22-24(28)27-21(15-16-9-3-2-4-10-16)29-20-14-8-6-12-18(20)26-25(22)29/h2-14H,15H2,1H3. The maximum absolute atomic E-state index is 13.5. The second kappa shape index (κ2) is 6.26. The molecule has 3 aromatic carbocycles. The van der Waals surface area contributed by atoms with Crippen molar-refractivity contribution in [1.29, 1.82) is 0 Å². The number of aromatic nitrogens is 4. The van der Waals surface area contributed by atoms with Gasteiger partial charge in [-0.05, 0) is 29.8 Å². The number of aryl methyl sites for hydroxylation is 1. The molecule has 0 saturated heterocycles. The fourth-order valence-corrected chi connectivity index (χ4v) is 4.33. The van der Waals surface area contributed by atoms with Gasteiger partial charge in [-0.2, -0.15) is 0 Å². The van der Waals surface area contributed by atoms with Crippen LogP contribution in [-0.2, 0) is 13.5 Å². The molecular formula is C25H18N4O. The third-order valence-electron chi connectivity index (χ3n) is 5.76. The fourth-order valence-electron chi connectivity index (χ4n) is 4.33. The lowest BCUT2D eigenvalue weighted by Crippen LogP contribution is -2.14. The molecule has 0 aliphatic rings. The summed E-state index contributed by atoms with van der Waals surface area (Å²) in [7, 11) is 1.96. The molecule has 0 fully saturated rings. The fraction of sp³-hybridized carbons (Fsp3) is 0.0800. The zero-order chi connectivity index (χ0) is 20.2. The monoisotopic (exact) mass is 390 g/mol. The second-order valence-corrected chi connectivity index (χ2v) is 7.55. The molecule has 6 aromatic rings. The molecule has 5 nitrogen and oxygen atoms in total. The van der Waals surface area contributed by atoms with E-state index in [1.807, 2.05) is 82.7 Å². The summed E-state index contributed by atoms with van der Waals surface area (Å²) in [4.78, 5) is 23.4. The molecule has 0 bridgehead atoms. The van der Waals surface area contributed by atoms with Crippen LogP contribution in [-0.4, -0.2) is 18.9 Å². The minimum absolute atomic E-state index is 0.0298. The van der Waals surface area contributed by atoms with Crippen molar-refractivity contribution in [2.45, 2.75) is 6.42 Å². The number of hydrogen-bond acceptors (Lipinski definition) is 3. The summed E-state index contributed by atoms with van der Waals surface area (Å²) in [5, 5.41) is 1.24. The molecule has 0 spiro atoms. The van der Waals surface area contributed by atoms with Crippen LogP contribution in [0.5, 0.6) is 0 Å². The third-order valence-corrected chi connectivity index (χ3v) is 5.76. The Morgan fingerprint density at radius 2 is 1.47 bits per heavy atom. The summed E-state index contributed by atoms with van der Waals surface area (Å²) in [6.07, 6.45) is 0.647. The molecule has 0 saturated carbocycles. The van der Waals surface area contributed by atoms with E-state index in [1.165, 1.54) is 0 Å². The Balaban J connectivity index is 1.83. The SMILES string of the molecule is Cn1c2ccccc2c(=O)c2c1nc(Cc1ccccc1)n1c3ccccc3nc21. The van der Waals surface area contributed by atoms with Gasteiger partial charge < -0.3 is 4.57 Å². The summed E-state index contributed by atoms with van der Waals surface area (Å²) >= 11 is 0. The van der Waals surface area contributed by atoms with E-state index in [-0.39, 0.29) is 5.43 Å². The van der Waals surface area contributed by atoms with Crippen LogP contribution >= 0.6 is 0 Å². The van der Waals surface area contributed by atoms with Gasteiger partial charge in [-0.1, -0.05) is 54.6 Å². The smallest absolute Gasteiger partial charge is 0.202 e. The van der Waals surface area contributed by atoms with Gasteiger partial charge in [0.1, 0.15) is 16.9 Å². The average molecular weight is 390 g/mol. The van der Waals surface area contributed by atoms with E-state index in [9.17, 15) is 4.79 Å². The molecule has 0 radical (unpaired) electrons. The van der Waals surface area contributed by atoms with Crippen LogP contribution in [0.2, 0.25) is 0 Å². The van der Waals surface area contributed by atoms with Crippen molar-refractivity contribution in [3.8, 4) is 0 Å². The van der Waals surface area contributed by atoms with E-state index in [0.29, 0.717) is 28.5 Å². The number of benzene rings is 3. The van der Waals surface area contributed by atoms with Crippen LogP contribution in [0, 0.1) is 0 Å². The van der Waals surface area contributed by atoms with Crippen LogP contribution in [0.3, 0.4) is 0 Å². The van der Waals surface area contributed by atoms with Gasteiger partial charge in [-0.25, -0.2) is 9.97 Å². The highest BCUT2D eigenvalue weighted by Crippen LogP contribution is 2.26. The number of fused-ring (bicyclic) bond motifs is 6. The normalized spacial score (nSPS) is 11.8. The molecule has 3 heterocycles. The molecule has 3 aromatic heterocycles. The Hall–Kier alpha value is -3.99. The molecule has 0 aliphatic heterocycles. The lowest BCUT2D eigenvalue weighted by Gasteiger charge is -2.13. The topological polar surface area (TPSA) is 52.2 Å². The van der Waals surface area contributed by atoms with Crippen LogP contribution in [0.1, 0.15) is 11.4 Å². The van der Waals surface area contributed by atoms with E-state index in [1.54, 1.807) is 0 Å². The number of nitrogens with zero attached hydrogens (tertiary/aromatic N) is 4. The van der Waals surface area contributed by atoms with Crippen LogP contribution in [0.25, 0.3) is 38.6 Å². The lowest BCUT2D eigenvalue weighted by atomic mass is 10.1. The van der Waals surface area contributed by atoms with Crippen molar-refractivity contribution >= 4 is 38.6 Å². The Kier molecular flexibility index (Phi) is 3.53. The first-order chi connectivity index (χ1) is 14.7. The molecule has 0 N–H and O–H groups in total. The highest BCUT2D eigenvalue weighted by Gasteiger charge is 2.19. The molecule has 144 valence electrons. The summed E-state index contributed by atoms with van der Waals surface area (Å²) < 4.78 is 4.04. The lowest BCUT2D eigenvalue weighted by molar-refractivity contribution is 0.909. The highest BCUT2D eigenvalue weighted by atomic mass is 16.1. The van der Waals surface area contributed by atoms with E-state index in [0.717, 1.165) is 27.9 Å². The predicted molar refractivity (Wildman–Crippen MR) is 120 cm³/mol. The van der Waals surface area contributed by atoms with E-state index in [4.69, 9.17) is 9.97 Å². The number of para-hydroxylation sites is 3. The van der Waals surface area contributed by atoms with Gasteiger partial charge in [0, 0.05) is 18.9 Å². The Labute approximate surface area is 171 Å². The number of rotatable bonds is 2. The molecule has 6 rings (SSSR count). The first kappa shape index (κ1) is 16.9. The average Bonchev–Trinajstić information content (AvgIpc) is 3.18. The zero-order valence-electron chi connectivity index (χ0n) is 16.4. The molecule has 0 unspecified atom stereocenters. The van der Waals surface area contributed by atoms with Gasteiger partial charge in [0.05, 0.1) is 16.6 Å². The number of imidazole rings is 1. The van der Waals surface area contributed by atoms with Crippen molar-refractivity contribution in [3.63, 3.8) is 0 Å². The molecule has 5 heteroatoms. The Morgan fingerprint density at radius 3 is 2.30 bits per heavy atom. The van der Waals surface area contributed by atoms with Crippen molar-refractivity contribution in [2.75, 3.05) is 0 Å². The van der Waals surface area contributed by atoms with Crippen LogP contribution < -0.4 is 5.43 Å². The van der Waals surface area contributed by atoms with E-state index < -0.39 is 0 Å². The van der Waals surface area contributed by atoms with Gasteiger partial charge in [0.2, 0.25) is 5.43 Å². The van der Waals surface area contributed by atoms with E-state index in [2.05, 4.69) is 12.1 Å². The second-order valence-electron chi connectivity index (χ2n) is 7.55. The van der Waals surface area contributed by atoms with Gasteiger partial charge in [0.15, 0.2) is 5.65 Å². The summed E-state index contributed by atoms with van der Waals surface area (Å²) in [5.41, 5.74) is 5.14. The summed E-state index contributed by atoms with van der Waals surface area (Å²) in [5.74, 6) is 0.864. The van der Waals surface area contributed by atoms with Gasteiger partial charge in [-0.3, -0.25) is 9.20 Å². The first-order valence-corrected chi connectivity index (χ1v) is 9.94. The van der Waals surface area contributed by atoms with Crippen molar-refractivity contribution in [2.24, 2.45) is 7.05 Å². The van der Waals surface area contributed by atoms with Crippen molar-refractivity contribution < 1.29 is 0 Å². The maximum atomic E-state index is 13.5. The Morgan fingerprint density at radius 1 is 0.767 bits per heavy atom. The minimum Gasteiger partial charge on any atom is -0.328 e. The van der Waals surface area contributed by atoms with Crippen LogP contribution in [0.4, 0.5) is 0 Å². The van der Waals surface area contributed by atoms with E-state index >= 15 is 0 Å². The van der Waals surface area contributed by atoms with Gasteiger partial charge in [-0.15, -0.1) is 0 Å². The molecule has 0 aliphatic carbocycles. The molecule has 0 atom stereocenters. The van der Waals surface area contributed by atoms with Crippen LogP contribution in [0.15, 0.2) is 83.7 Å². The number of hydrogen-bond donors (Lipinski definition) is 0. The maximum Gasteiger partial charge on any atom is 0.202 e. The first-order valence-electron chi connectivity index (χ1n) is 9.94. The molecule has 30 heavy (non-hydrogen) atoms. The summed E-state index contributed by atoms with van der Waals surface area (Å²) in [6.45, 7) is 0. The quantitative estimate of drug-likeness (QED) is 0.410. The molecule has 0 amide bonds. The summed E-state index contributed by atoms with van der Waals surface area (Å²) in [6, 6.07) is 25.9. The minimum atomic E-state index is -0.0298. The highest BCUT2D eigenvalue weighted by molar-refractivity contribution is 6.01. The third kappa shape index (κ3) is 2.32. The molecular weight excluding hydrogens is 372 g/mol. The van der Waals surface area contributed by atoms with Crippen molar-refractivity contribution in [3.05, 3.63) is 100 Å². The Bertz CT molecular complexity index is 1650. The zero-order valence-corrected chi connectivity index (χ0v) is 16.4. The predicted octanol–water partition coefficient (Wildman–Crippen LogP) is 4.48. The number of pyridine rings is 1. The van der Waals surface area contributed by atoms with Crippen molar-refractivity contribution in [1.82, 2.24) is 18.9 Å².